The van der Waals surface area contributed by atoms with Crippen LogP contribution < -0.4 is 5.73 Å². The minimum atomic E-state index is -0.444. The third-order valence-corrected chi connectivity index (χ3v) is 3.16. The molecule has 0 aromatic heterocycles. The van der Waals surface area contributed by atoms with E-state index < -0.39 is 6.10 Å². The van der Waals surface area contributed by atoms with Crippen LogP contribution in [0.25, 0.3) is 0 Å². The summed E-state index contributed by atoms with van der Waals surface area (Å²) in [5.41, 5.74) is 8.49. The highest BCUT2D eigenvalue weighted by molar-refractivity contribution is 5.29. The molecule has 0 aliphatic carbocycles. The quantitative estimate of drug-likeness (QED) is 0.842. The van der Waals surface area contributed by atoms with Crippen LogP contribution in [0, 0.1) is 0 Å². The fourth-order valence-electron chi connectivity index (χ4n) is 1.90. The molecule has 3 N–H and O–H groups in total. The Hall–Kier alpha value is -0.860. The molecule has 0 bridgehead atoms. The molecule has 0 unspecified atom stereocenters. The van der Waals surface area contributed by atoms with Crippen molar-refractivity contribution >= 4 is 0 Å². The van der Waals surface area contributed by atoms with E-state index in [0.29, 0.717) is 0 Å². The maximum Gasteiger partial charge on any atom is 0.0732 e. The van der Waals surface area contributed by atoms with Gasteiger partial charge in [-0.15, -0.1) is 0 Å². The summed E-state index contributed by atoms with van der Waals surface area (Å²) in [6.45, 7) is 8.62. The van der Waals surface area contributed by atoms with Crippen molar-refractivity contribution in [3.63, 3.8) is 0 Å². The molecule has 0 aliphatic rings. The van der Waals surface area contributed by atoms with E-state index in [1.807, 2.05) is 12.1 Å². The van der Waals surface area contributed by atoms with Crippen molar-refractivity contribution in [1.29, 1.82) is 0 Å². The number of hydrogen-bond acceptors (Lipinski definition) is 2. The first-order chi connectivity index (χ1) is 7.86. The number of nitrogens with two attached hydrogens (primary N) is 1. The average molecular weight is 235 g/mol. The molecule has 0 saturated heterocycles. The zero-order chi connectivity index (χ0) is 13.1. The van der Waals surface area contributed by atoms with Gasteiger partial charge < -0.3 is 10.8 Å². The Labute approximate surface area is 105 Å². The van der Waals surface area contributed by atoms with Crippen molar-refractivity contribution in [1.82, 2.24) is 0 Å². The van der Waals surface area contributed by atoms with Gasteiger partial charge in [0.2, 0.25) is 0 Å². The molecule has 2 atom stereocenters. The largest absolute Gasteiger partial charge is 0.391 e. The zero-order valence-electron chi connectivity index (χ0n) is 11.4. The summed E-state index contributed by atoms with van der Waals surface area (Å²) in [5, 5.41) is 9.88. The molecule has 2 nitrogen and oxygen atoms in total. The smallest absolute Gasteiger partial charge is 0.0732 e. The number of aliphatic hydroxyl groups excluding tert-OH is 1. The molecule has 0 radical (unpaired) electrons. The average Bonchev–Trinajstić information content (AvgIpc) is 2.27. The first-order valence-electron chi connectivity index (χ1n) is 6.40. The van der Waals surface area contributed by atoms with Crippen LogP contribution in [0.15, 0.2) is 24.3 Å². The van der Waals surface area contributed by atoms with Crippen LogP contribution in [0.2, 0.25) is 0 Å². The van der Waals surface area contributed by atoms with Crippen LogP contribution in [0.3, 0.4) is 0 Å². The fraction of sp³-hybridized carbons (Fsp3) is 0.600. The number of hydrogen-bond donors (Lipinski definition) is 2. The summed E-state index contributed by atoms with van der Waals surface area (Å²) in [5.74, 6) is 0. The molecular formula is C15H25NO. The lowest BCUT2D eigenvalue weighted by Crippen LogP contribution is -2.26. The molecule has 0 fully saturated rings. The highest BCUT2D eigenvalue weighted by atomic mass is 16.3. The lowest BCUT2D eigenvalue weighted by atomic mass is 9.86. The summed E-state index contributed by atoms with van der Waals surface area (Å²) in [7, 11) is 0. The van der Waals surface area contributed by atoms with Gasteiger partial charge in [-0.05, 0) is 23.0 Å². The second kappa shape index (κ2) is 5.65. The van der Waals surface area contributed by atoms with Gasteiger partial charge in [0.1, 0.15) is 0 Å². The molecule has 0 heterocycles. The summed E-state index contributed by atoms with van der Waals surface area (Å²) in [6, 6.07) is 8.00. The van der Waals surface area contributed by atoms with Crippen LogP contribution >= 0.6 is 0 Å². The molecule has 96 valence electrons. The molecule has 0 aliphatic heterocycles. The van der Waals surface area contributed by atoms with Gasteiger partial charge >= 0.3 is 0 Å². The Morgan fingerprint density at radius 3 is 2.12 bits per heavy atom. The van der Waals surface area contributed by atoms with Crippen molar-refractivity contribution < 1.29 is 5.11 Å². The van der Waals surface area contributed by atoms with Gasteiger partial charge in [0.15, 0.2) is 0 Å². The van der Waals surface area contributed by atoms with Gasteiger partial charge in [0, 0.05) is 0 Å². The van der Waals surface area contributed by atoms with Crippen LogP contribution in [0.4, 0.5) is 0 Å². The predicted molar refractivity (Wildman–Crippen MR) is 73.0 cm³/mol. The third-order valence-electron chi connectivity index (χ3n) is 3.16. The molecule has 0 amide bonds. The van der Waals surface area contributed by atoms with E-state index in [0.717, 1.165) is 18.4 Å². The van der Waals surface area contributed by atoms with E-state index in [-0.39, 0.29) is 11.5 Å². The van der Waals surface area contributed by atoms with Gasteiger partial charge in [-0.2, -0.15) is 0 Å². The summed E-state index contributed by atoms with van der Waals surface area (Å²) < 4.78 is 0. The summed E-state index contributed by atoms with van der Waals surface area (Å²) >= 11 is 0. The van der Waals surface area contributed by atoms with Crippen LogP contribution in [0.1, 0.15) is 57.7 Å². The third kappa shape index (κ3) is 3.83. The van der Waals surface area contributed by atoms with Crippen molar-refractivity contribution in [2.45, 2.75) is 58.1 Å². The van der Waals surface area contributed by atoms with E-state index >= 15 is 0 Å². The molecule has 2 heteroatoms. The number of benzene rings is 1. The van der Waals surface area contributed by atoms with Crippen molar-refractivity contribution in [2.75, 3.05) is 0 Å². The van der Waals surface area contributed by atoms with E-state index in [2.05, 4.69) is 39.8 Å². The van der Waals surface area contributed by atoms with Gasteiger partial charge in [0.25, 0.3) is 0 Å². The highest BCUT2D eigenvalue weighted by Crippen LogP contribution is 2.24. The Bertz CT molecular complexity index is 337. The van der Waals surface area contributed by atoms with Gasteiger partial charge in [0.05, 0.1) is 12.1 Å². The Balaban J connectivity index is 2.80. The Morgan fingerprint density at radius 1 is 1.18 bits per heavy atom. The van der Waals surface area contributed by atoms with E-state index in [1.54, 1.807) is 0 Å². The Morgan fingerprint density at radius 2 is 1.71 bits per heavy atom. The fourth-order valence-corrected chi connectivity index (χ4v) is 1.90. The first kappa shape index (κ1) is 14.2. The minimum Gasteiger partial charge on any atom is -0.391 e. The van der Waals surface area contributed by atoms with Crippen molar-refractivity contribution in [2.24, 2.45) is 5.73 Å². The normalized spacial score (nSPS) is 15.6. The van der Waals surface area contributed by atoms with Crippen molar-refractivity contribution in [3.8, 4) is 0 Å². The van der Waals surface area contributed by atoms with Crippen LogP contribution in [0.5, 0.6) is 0 Å². The molecule has 1 rings (SSSR count). The molecule has 0 saturated carbocycles. The molecular weight excluding hydrogens is 210 g/mol. The van der Waals surface area contributed by atoms with Gasteiger partial charge in [-0.1, -0.05) is 58.4 Å². The van der Waals surface area contributed by atoms with Crippen LogP contribution in [-0.2, 0) is 5.41 Å². The van der Waals surface area contributed by atoms with E-state index in [9.17, 15) is 5.11 Å². The molecule has 1 aromatic rings. The summed E-state index contributed by atoms with van der Waals surface area (Å²) in [4.78, 5) is 0. The maximum atomic E-state index is 9.88. The minimum absolute atomic E-state index is 0.157. The van der Waals surface area contributed by atoms with Gasteiger partial charge in [-0.25, -0.2) is 0 Å². The Kier molecular flexibility index (Phi) is 4.72. The monoisotopic (exact) mass is 235 g/mol. The standard InChI is InChI=1S/C15H25NO/c1-5-6-13(17)14(16)11-7-9-12(10-8-11)15(2,3)4/h7-10,13-14,17H,5-6,16H2,1-4H3/t13-,14+/m1/s1. The lowest BCUT2D eigenvalue weighted by molar-refractivity contribution is 0.134. The van der Waals surface area contributed by atoms with Crippen molar-refractivity contribution in [3.05, 3.63) is 35.4 Å². The maximum absolute atomic E-state index is 9.88. The number of rotatable bonds is 4. The second-order valence-corrected chi connectivity index (χ2v) is 5.75. The zero-order valence-corrected chi connectivity index (χ0v) is 11.4. The lowest BCUT2D eigenvalue weighted by Gasteiger charge is -2.22. The van der Waals surface area contributed by atoms with Gasteiger partial charge in [-0.3, -0.25) is 0 Å². The van der Waals surface area contributed by atoms with Crippen LogP contribution in [-0.4, -0.2) is 11.2 Å². The predicted octanol–water partition coefficient (Wildman–Crippen LogP) is 3.14. The molecule has 1 aromatic carbocycles. The summed E-state index contributed by atoms with van der Waals surface area (Å²) in [6.07, 6.45) is 1.26. The highest BCUT2D eigenvalue weighted by Gasteiger charge is 2.17. The SMILES string of the molecule is CCC[C@@H](O)[C@@H](N)c1ccc(C(C)(C)C)cc1. The molecule has 0 spiro atoms. The first-order valence-corrected chi connectivity index (χ1v) is 6.40. The second-order valence-electron chi connectivity index (χ2n) is 5.75. The topological polar surface area (TPSA) is 46.2 Å². The van der Waals surface area contributed by atoms with E-state index in [1.165, 1.54) is 5.56 Å². The molecule has 17 heavy (non-hydrogen) atoms. The van der Waals surface area contributed by atoms with E-state index in [4.69, 9.17) is 5.73 Å². The number of aliphatic hydroxyl groups is 1.